The van der Waals surface area contributed by atoms with Gasteiger partial charge >= 0.3 is 0 Å². The number of benzene rings is 3. The predicted octanol–water partition coefficient (Wildman–Crippen LogP) is 6.28. The Bertz CT molecular complexity index is 1540. The number of ether oxygens (including phenoxy) is 1. The molecule has 0 saturated heterocycles. The molecule has 6 nitrogen and oxygen atoms in total. The summed E-state index contributed by atoms with van der Waals surface area (Å²) >= 11 is 6.13. The molecule has 0 bridgehead atoms. The zero-order chi connectivity index (χ0) is 24.6. The largest absolute Gasteiger partial charge is 0.497 e. The van der Waals surface area contributed by atoms with Crippen LogP contribution in [0, 0.1) is 0 Å². The maximum atomic E-state index is 13.5. The molecular weight excluding hydrogens is 474 g/mol. The lowest BCUT2D eigenvalue weighted by Crippen LogP contribution is -2.34. The van der Waals surface area contributed by atoms with E-state index < -0.39 is 0 Å². The molecule has 2 aliphatic heterocycles. The van der Waals surface area contributed by atoms with Crippen molar-refractivity contribution in [1.29, 1.82) is 0 Å². The van der Waals surface area contributed by atoms with Crippen molar-refractivity contribution in [2.24, 2.45) is 4.99 Å². The average Bonchev–Trinajstić information content (AvgIpc) is 2.89. The van der Waals surface area contributed by atoms with Crippen LogP contribution >= 0.6 is 11.6 Å². The number of hydrogen-bond acceptors (Lipinski definition) is 5. The summed E-state index contributed by atoms with van der Waals surface area (Å²) in [4.78, 5) is 20.7. The topological polar surface area (TPSA) is 67.1 Å². The lowest BCUT2D eigenvalue weighted by atomic mass is 9.90. The molecule has 4 aromatic rings. The van der Waals surface area contributed by atoms with Crippen molar-refractivity contribution in [3.8, 4) is 5.75 Å². The first-order valence-corrected chi connectivity index (χ1v) is 12.6. The summed E-state index contributed by atoms with van der Waals surface area (Å²) in [5.41, 5.74) is 6.61. The van der Waals surface area contributed by atoms with Gasteiger partial charge in [0.2, 0.25) is 5.55 Å². The van der Waals surface area contributed by atoms with Crippen LogP contribution in [0.2, 0.25) is 5.02 Å². The Morgan fingerprint density at radius 1 is 1.06 bits per heavy atom. The third-order valence-electron chi connectivity index (χ3n) is 6.86. The first kappa shape index (κ1) is 22.7. The standard InChI is InChI=1S/C29H26ClN3O3/c1-35-23-11-9-21(10-12-23)32-29-25(28(34)31-22-7-2-6-20(30)17-22)16-19-15-18-5-3-13-33-14-4-8-24(26(18)33)27(19)36-29/h2,6-7,9-12,15-17H,3-5,8,13-14H2,1H3,(H,31,34). The van der Waals surface area contributed by atoms with Gasteiger partial charge in [0.1, 0.15) is 16.9 Å². The number of aryl methyl sites for hydroxylation is 2. The highest BCUT2D eigenvalue weighted by Crippen LogP contribution is 2.39. The molecule has 7 heteroatoms. The van der Waals surface area contributed by atoms with Crippen molar-refractivity contribution >= 4 is 45.5 Å². The van der Waals surface area contributed by atoms with E-state index in [1.54, 1.807) is 31.4 Å². The van der Waals surface area contributed by atoms with Crippen LogP contribution in [-0.4, -0.2) is 26.1 Å². The number of anilines is 2. The third-order valence-corrected chi connectivity index (χ3v) is 7.10. The summed E-state index contributed by atoms with van der Waals surface area (Å²) in [6.07, 6.45) is 4.22. The lowest BCUT2D eigenvalue weighted by molar-refractivity contribution is 0.102. The highest BCUT2D eigenvalue weighted by molar-refractivity contribution is 6.31. The molecule has 182 valence electrons. The minimum Gasteiger partial charge on any atom is -0.497 e. The van der Waals surface area contributed by atoms with Crippen LogP contribution < -0.4 is 20.5 Å². The summed E-state index contributed by atoms with van der Waals surface area (Å²) in [5.74, 6) is 0.433. The molecule has 3 heterocycles. The van der Waals surface area contributed by atoms with Gasteiger partial charge in [-0.25, -0.2) is 4.99 Å². The number of hydrogen-bond donors (Lipinski definition) is 1. The summed E-state index contributed by atoms with van der Waals surface area (Å²) in [5, 5.41) is 4.42. The van der Waals surface area contributed by atoms with E-state index in [9.17, 15) is 4.79 Å². The molecule has 6 rings (SSSR count). The van der Waals surface area contributed by atoms with Crippen LogP contribution in [0.1, 0.15) is 34.3 Å². The smallest absolute Gasteiger partial charge is 0.261 e. The Balaban J connectivity index is 1.54. The van der Waals surface area contributed by atoms with Crippen LogP contribution in [0.15, 0.2) is 70.1 Å². The summed E-state index contributed by atoms with van der Waals surface area (Å²) in [7, 11) is 1.62. The molecule has 1 amide bonds. The number of amides is 1. The van der Waals surface area contributed by atoms with Crippen molar-refractivity contribution in [2.75, 3.05) is 30.4 Å². The fraction of sp³-hybridized carbons (Fsp3) is 0.241. The molecular formula is C29H26ClN3O3. The van der Waals surface area contributed by atoms with Crippen LogP contribution in [0.5, 0.6) is 5.75 Å². The van der Waals surface area contributed by atoms with Gasteiger partial charge in [-0.05, 0) is 85.8 Å². The molecule has 0 saturated carbocycles. The fourth-order valence-corrected chi connectivity index (χ4v) is 5.43. The normalized spacial score (nSPS) is 15.1. The van der Waals surface area contributed by atoms with E-state index in [1.807, 2.05) is 30.3 Å². The minimum absolute atomic E-state index is 0.274. The molecule has 0 fully saturated rings. The third kappa shape index (κ3) is 4.22. The number of nitrogens with zero attached hydrogens (tertiary/aromatic N) is 2. The molecule has 0 atom stereocenters. The zero-order valence-electron chi connectivity index (χ0n) is 20.0. The van der Waals surface area contributed by atoms with E-state index in [0.717, 1.165) is 55.5 Å². The first-order valence-electron chi connectivity index (χ1n) is 12.2. The Morgan fingerprint density at radius 3 is 2.64 bits per heavy atom. The van der Waals surface area contributed by atoms with Crippen molar-refractivity contribution in [1.82, 2.24) is 0 Å². The van der Waals surface area contributed by atoms with Crippen LogP contribution in [0.3, 0.4) is 0 Å². The summed E-state index contributed by atoms with van der Waals surface area (Å²) < 4.78 is 11.8. The van der Waals surface area contributed by atoms with Crippen molar-refractivity contribution in [3.63, 3.8) is 0 Å². The number of rotatable bonds is 4. The second-order valence-corrected chi connectivity index (χ2v) is 9.65. The molecule has 2 aliphatic rings. The number of fused-ring (bicyclic) bond motifs is 2. The predicted molar refractivity (Wildman–Crippen MR) is 143 cm³/mol. The molecule has 1 N–H and O–H groups in total. The van der Waals surface area contributed by atoms with Gasteiger partial charge < -0.3 is 19.4 Å². The van der Waals surface area contributed by atoms with Crippen molar-refractivity contribution in [3.05, 3.63) is 87.9 Å². The van der Waals surface area contributed by atoms with E-state index in [2.05, 4.69) is 16.3 Å². The van der Waals surface area contributed by atoms with E-state index in [-0.39, 0.29) is 11.5 Å². The van der Waals surface area contributed by atoms with Crippen LogP contribution in [-0.2, 0) is 12.8 Å². The van der Waals surface area contributed by atoms with Gasteiger partial charge in [0.05, 0.1) is 12.8 Å². The lowest BCUT2D eigenvalue weighted by Gasteiger charge is -2.37. The highest BCUT2D eigenvalue weighted by atomic mass is 35.5. The maximum absolute atomic E-state index is 13.5. The van der Waals surface area contributed by atoms with E-state index in [1.165, 1.54) is 16.8 Å². The van der Waals surface area contributed by atoms with Gasteiger partial charge in [-0.1, -0.05) is 17.7 Å². The van der Waals surface area contributed by atoms with Crippen molar-refractivity contribution in [2.45, 2.75) is 25.7 Å². The van der Waals surface area contributed by atoms with Gasteiger partial charge in [-0.2, -0.15) is 0 Å². The Hall–Kier alpha value is -3.77. The number of carbonyl (C=O) groups excluding carboxylic acids is 1. The SMILES string of the molecule is COc1ccc(N=c2oc3c4c5c(cc3cc2C(=O)Nc2cccc(Cl)c2)CCCN5CCC4)cc1. The molecule has 0 unspecified atom stereocenters. The fourth-order valence-electron chi connectivity index (χ4n) is 5.24. The molecule has 0 radical (unpaired) electrons. The molecule has 0 aliphatic carbocycles. The molecule has 36 heavy (non-hydrogen) atoms. The van der Waals surface area contributed by atoms with Gasteiger partial charge in [0, 0.05) is 40.4 Å². The Kier molecular flexibility index (Phi) is 5.89. The maximum Gasteiger partial charge on any atom is 0.261 e. The second kappa shape index (κ2) is 9.36. The molecule has 3 aromatic carbocycles. The van der Waals surface area contributed by atoms with Gasteiger partial charge in [-0.15, -0.1) is 0 Å². The van der Waals surface area contributed by atoms with Gasteiger partial charge in [0.15, 0.2) is 0 Å². The Labute approximate surface area is 214 Å². The monoisotopic (exact) mass is 499 g/mol. The number of nitrogens with one attached hydrogen (secondary N) is 1. The zero-order valence-corrected chi connectivity index (χ0v) is 20.8. The van der Waals surface area contributed by atoms with Gasteiger partial charge in [0.25, 0.3) is 5.91 Å². The minimum atomic E-state index is -0.303. The van der Waals surface area contributed by atoms with Crippen LogP contribution in [0.4, 0.5) is 17.1 Å². The van der Waals surface area contributed by atoms with E-state index in [0.29, 0.717) is 22.0 Å². The average molecular weight is 500 g/mol. The number of carbonyl (C=O) groups is 1. The van der Waals surface area contributed by atoms with Crippen LogP contribution in [0.25, 0.3) is 11.0 Å². The van der Waals surface area contributed by atoms with E-state index in [4.69, 9.17) is 25.7 Å². The second-order valence-electron chi connectivity index (χ2n) is 9.21. The molecule has 1 aromatic heterocycles. The van der Waals surface area contributed by atoms with Gasteiger partial charge in [-0.3, -0.25) is 4.79 Å². The highest BCUT2D eigenvalue weighted by Gasteiger charge is 2.27. The first-order chi connectivity index (χ1) is 17.6. The summed E-state index contributed by atoms with van der Waals surface area (Å²) in [6.45, 7) is 2.16. The quantitative estimate of drug-likeness (QED) is 0.359. The van der Waals surface area contributed by atoms with Crippen molar-refractivity contribution < 1.29 is 13.9 Å². The van der Waals surface area contributed by atoms with E-state index >= 15 is 0 Å². The summed E-state index contributed by atoms with van der Waals surface area (Å²) in [6, 6.07) is 18.5. The Morgan fingerprint density at radius 2 is 1.86 bits per heavy atom. The molecule has 0 spiro atoms. The number of methoxy groups -OCH3 is 1. The number of halogens is 1.